The highest BCUT2D eigenvalue weighted by atomic mass is 35.5. The van der Waals surface area contributed by atoms with Crippen LogP contribution in [0, 0.1) is 0 Å². The number of sulfonamides is 1. The van der Waals surface area contributed by atoms with Crippen LogP contribution in [-0.4, -0.2) is 28.6 Å². The minimum atomic E-state index is -3.88. The zero-order chi connectivity index (χ0) is 14.4. The molecule has 0 unspecified atom stereocenters. The molecule has 0 radical (unpaired) electrons. The maximum atomic E-state index is 12.2. The van der Waals surface area contributed by atoms with E-state index < -0.39 is 25.1 Å². The third-order valence-corrected chi connectivity index (χ3v) is 8.48. The Hall–Kier alpha value is -0.190. The molecule has 20 heavy (non-hydrogen) atoms. The highest BCUT2D eigenvalue weighted by molar-refractivity contribution is 7.95. The molecule has 0 aliphatic carbocycles. The Morgan fingerprint density at radius 2 is 2.10 bits per heavy atom. The molecule has 2 atom stereocenters. The Morgan fingerprint density at radius 1 is 1.50 bits per heavy atom. The highest BCUT2D eigenvalue weighted by Gasteiger charge is 2.39. The Kier molecular flexibility index (Phi) is 5.27. The fraction of sp³-hybridized carbons (Fsp3) is 0.600. The molecule has 0 saturated heterocycles. The minimum absolute atomic E-state index is 0. The van der Waals surface area contributed by atoms with Crippen molar-refractivity contribution in [3.05, 3.63) is 11.6 Å². The Balaban J connectivity index is 0.00000200. The number of sulfone groups is 1. The number of hydrogen-bond donors (Lipinski definition) is 2. The summed E-state index contributed by atoms with van der Waals surface area (Å²) in [6.07, 6.45) is 0.434. The molecule has 116 valence electrons. The molecular weight excluding hydrogens is 344 g/mol. The Bertz CT molecular complexity index is 696. The van der Waals surface area contributed by atoms with Gasteiger partial charge in [-0.1, -0.05) is 6.92 Å². The summed E-state index contributed by atoms with van der Waals surface area (Å²) in [5, 5.41) is 7.73. The number of thiophene rings is 1. The fourth-order valence-electron chi connectivity index (χ4n) is 2.18. The van der Waals surface area contributed by atoms with E-state index >= 15 is 0 Å². The zero-order valence-electron chi connectivity index (χ0n) is 11.0. The zero-order valence-corrected chi connectivity index (χ0v) is 14.3. The van der Waals surface area contributed by atoms with Gasteiger partial charge in [-0.15, -0.1) is 23.7 Å². The van der Waals surface area contributed by atoms with E-state index in [0.717, 1.165) is 11.3 Å². The molecule has 0 saturated carbocycles. The molecule has 3 N–H and O–H groups in total. The van der Waals surface area contributed by atoms with Crippen LogP contribution in [-0.2, 0) is 19.9 Å². The second kappa shape index (κ2) is 5.90. The van der Waals surface area contributed by atoms with Crippen molar-refractivity contribution in [3.63, 3.8) is 0 Å². The van der Waals surface area contributed by atoms with E-state index in [4.69, 9.17) is 5.14 Å². The molecular formula is C10H17ClN2O4S3. The summed E-state index contributed by atoms with van der Waals surface area (Å²) in [7, 11) is -7.33. The predicted molar refractivity (Wildman–Crippen MR) is 80.6 cm³/mol. The molecule has 10 heteroatoms. The van der Waals surface area contributed by atoms with Crippen molar-refractivity contribution in [1.29, 1.82) is 0 Å². The first kappa shape index (κ1) is 17.9. The van der Waals surface area contributed by atoms with Gasteiger partial charge in [-0.25, -0.2) is 22.0 Å². The highest BCUT2D eigenvalue weighted by Crippen LogP contribution is 2.42. The smallest absolute Gasteiger partial charge is 0.247 e. The van der Waals surface area contributed by atoms with E-state index in [1.807, 2.05) is 6.92 Å². The largest absolute Gasteiger partial charge is 0.310 e. The third-order valence-electron chi connectivity index (χ3n) is 3.16. The van der Waals surface area contributed by atoms with Gasteiger partial charge in [-0.2, -0.15) is 0 Å². The molecule has 0 fully saturated rings. The Morgan fingerprint density at radius 3 is 2.60 bits per heavy atom. The number of halogens is 1. The maximum Gasteiger partial charge on any atom is 0.247 e. The molecule has 0 bridgehead atoms. The molecule has 1 aliphatic rings. The van der Waals surface area contributed by atoms with Crippen molar-refractivity contribution >= 4 is 43.6 Å². The normalized spacial score (nSPS) is 24.8. The van der Waals surface area contributed by atoms with Crippen LogP contribution in [0.1, 0.15) is 31.9 Å². The van der Waals surface area contributed by atoms with E-state index in [1.54, 1.807) is 6.92 Å². The molecule has 0 aromatic carbocycles. The summed E-state index contributed by atoms with van der Waals surface area (Å²) in [4.78, 5) is 0. The summed E-state index contributed by atoms with van der Waals surface area (Å²) in [6.45, 7) is 4.23. The first-order valence-electron chi connectivity index (χ1n) is 5.81. The second-order valence-electron chi connectivity index (χ2n) is 4.55. The fourth-order valence-corrected chi connectivity index (χ4v) is 6.60. The van der Waals surface area contributed by atoms with Gasteiger partial charge in [0.2, 0.25) is 10.0 Å². The van der Waals surface area contributed by atoms with Crippen molar-refractivity contribution in [2.45, 2.75) is 40.0 Å². The van der Waals surface area contributed by atoms with Crippen LogP contribution < -0.4 is 10.5 Å². The van der Waals surface area contributed by atoms with Gasteiger partial charge >= 0.3 is 0 Å². The van der Waals surface area contributed by atoms with Crippen LogP contribution in [0.3, 0.4) is 0 Å². The molecule has 1 aliphatic heterocycles. The summed E-state index contributed by atoms with van der Waals surface area (Å²) in [5.74, 6) is 0. The van der Waals surface area contributed by atoms with Crippen molar-refractivity contribution in [2.75, 3.05) is 6.54 Å². The molecule has 2 rings (SSSR count). The number of nitrogens with one attached hydrogen (secondary N) is 1. The average molecular weight is 361 g/mol. The van der Waals surface area contributed by atoms with Crippen LogP contribution in [0.2, 0.25) is 0 Å². The quantitative estimate of drug-likeness (QED) is 0.837. The SMILES string of the molecule is CCN[C@@H]1C[C@@H](C)S(=O)(=O)c2sc(S(N)(=O)=O)cc21.Cl. The second-order valence-corrected chi connectivity index (χ2v) is 9.96. The van der Waals surface area contributed by atoms with Gasteiger partial charge in [-0.3, -0.25) is 0 Å². The van der Waals surface area contributed by atoms with Crippen LogP contribution in [0.4, 0.5) is 0 Å². The first-order valence-corrected chi connectivity index (χ1v) is 9.72. The van der Waals surface area contributed by atoms with Gasteiger partial charge in [0.15, 0.2) is 9.84 Å². The predicted octanol–water partition coefficient (Wildman–Crippen LogP) is 1.03. The number of fused-ring (bicyclic) bond motifs is 1. The van der Waals surface area contributed by atoms with Gasteiger partial charge in [0.25, 0.3) is 0 Å². The van der Waals surface area contributed by atoms with Crippen LogP contribution in [0.15, 0.2) is 14.5 Å². The number of rotatable bonds is 3. The summed E-state index contributed by atoms with van der Waals surface area (Å²) in [5.41, 5.74) is 0.522. The van der Waals surface area contributed by atoms with Crippen LogP contribution in [0.25, 0.3) is 0 Å². The molecule has 6 nitrogen and oxygen atoms in total. The van der Waals surface area contributed by atoms with E-state index in [-0.39, 0.29) is 26.9 Å². The molecule has 1 aromatic rings. The number of hydrogen-bond acceptors (Lipinski definition) is 6. The lowest BCUT2D eigenvalue weighted by Gasteiger charge is -2.27. The standard InChI is InChI=1S/C10H16N2O4S3.ClH/c1-3-12-8-4-6(2)18(13,14)10-7(8)5-9(17-10)19(11,15)16;/h5-6,8,12H,3-4H2,1-2H3,(H2,11,15,16);1H/t6-,8-;/m1./s1. The first-order chi connectivity index (χ1) is 8.67. The topological polar surface area (TPSA) is 106 Å². The van der Waals surface area contributed by atoms with Crippen LogP contribution in [0.5, 0.6) is 0 Å². The monoisotopic (exact) mass is 360 g/mol. The Labute approximate surface area is 129 Å². The van der Waals surface area contributed by atoms with Gasteiger partial charge in [0.05, 0.1) is 5.25 Å². The van der Waals surface area contributed by atoms with Crippen molar-refractivity contribution in [1.82, 2.24) is 5.32 Å². The van der Waals surface area contributed by atoms with Gasteiger partial charge in [0.1, 0.15) is 8.42 Å². The summed E-state index contributed by atoms with van der Waals surface area (Å²) >= 11 is 0.742. The lowest BCUT2D eigenvalue weighted by atomic mass is 10.1. The van der Waals surface area contributed by atoms with Gasteiger partial charge in [-0.05, 0) is 26.0 Å². The van der Waals surface area contributed by atoms with Gasteiger partial charge in [0, 0.05) is 11.6 Å². The lowest BCUT2D eigenvalue weighted by Crippen LogP contribution is -2.33. The van der Waals surface area contributed by atoms with Crippen LogP contribution >= 0.6 is 23.7 Å². The number of primary sulfonamides is 1. The van der Waals surface area contributed by atoms with E-state index in [1.165, 1.54) is 6.07 Å². The van der Waals surface area contributed by atoms with Gasteiger partial charge < -0.3 is 5.32 Å². The van der Waals surface area contributed by atoms with Crippen molar-refractivity contribution < 1.29 is 16.8 Å². The molecule has 0 amide bonds. The van der Waals surface area contributed by atoms with Crippen molar-refractivity contribution in [2.24, 2.45) is 5.14 Å². The molecule has 1 aromatic heterocycles. The maximum absolute atomic E-state index is 12.2. The van der Waals surface area contributed by atoms with Crippen molar-refractivity contribution in [3.8, 4) is 0 Å². The summed E-state index contributed by atoms with van der Waals surface area (Å²) < 4.78 is 47.3. The lowest BCUT2D eigenvalue weighted by molar-refractivity contribution is 0.477. The van der Waals surface area contributed by atoms with E-state index in [9.17, 15) is 16.8 Å². The summed E-state index contributed by atoms with van der Waals surface area (Å²) in [6, 6.07) is 1.23. The molecule has 0 spiro atoms. The minimum Gasteiger partial charge on any atom is -0.310 e. The van der Waals surface area contributed by atoms with E-state index in [2.05, 4.69) is 5.32 Å². The number of nitrogens with two attached hydrogens (primary N) is 1. The average Bonchev–Trinajstić information content (AvgIpc) is 2.72. The van der Waals surface area contributed by atoms with E-state index in [0.29, 0.717) is 18.5 Å². The molecule has 2 heterocycles. The third kappa shape index (κ3) is 3.02.